The third-order valence-corrected chi connectivity index (χ3v) is 5.57. The molecule has 5 nitrogen and oxygen atoms in total. The summed E-state index contributed by atoms with van der Waals surface area (Å²) >= 11 is 5.81. The average molecular weight is 345 g/mol. The van der Waals surface area contributed by atoms with Gasteiger partial charge in [0.2, 0.25) is 15.9 Å². The number of nitrogens with one attached hydrogen (secondary N) is 1. The van der Waals surface area contributed by atoms with E-state index >= 15 is 0 Å². The lowest BCUT2D eigenvalue weighted by molar-refractivity contribution is -0.133. The Morgan fingerprint density at radius 2 is 2.18 bits per heavy atom. The zero-order chi connectivity index (χ0) is 16.2. The quantitative estimate of drug-likeness (QED) is 0.892. The lowest BCUT2D eigenvalue weighted by Gasteiger charge is -2.35. The molecule has 122 valence electrons. The van der Waals surface area contributed by atoms with Crippen LogP contribution >= 0.6 is 11.6 Å². The summed E-state index contributed by atoms with van der Waals surface area (Å²) in [5, 5.41) is 0.344. The monoisotopic (exact) mass is 344 g/mol. The summed E-state index contributed by atoms with van der Waals surface area (Å²) in [6.07, 6.45) is 3.98. The van der Waals surface area contributed by atoms with Gasteiger partial charge in [-0.15, -0.1) is 0 Å². The van der Waals surface area contributed by atoms with Crippen molar-refractivity contribution in [3.63, 3.8) is 0 Å². The molecular formula is C15H21ClN2O3S. The van der Waals surface area contributed by atoms with Gasteiger partial charge >= 0.3 is 0 Å². The number of nitrogens with zero attached hydrogens (tertiary/aromatic N) is 1. The molecular weight excluding hydrogens is 324 g/mol. The fourth-order valence-electron chi connectivity index (χ4n) is 2.73. The average Bonchev–Trinajstić information content (AvgIpc) is 2.52. The van der Waals surface area contributed by atoms with Crippen LogP contribution in [0, 0.1) is 0 Å². The van der Waals surface area contributed by atoms with Crippen LogP contribution in [0.3, 0.4) is 0 Å². The van der Waals surface area contributed by atoms with Crippen molar-refractivity contribution >= 4 is 27.5 Å². The molecule has 1 aliphatic heterocycles. The molecule has 1 saturated heterocycles. The van der Waals surface area contributed by atoms with E-state index in [4.69, 9.17) is 11.6 Å². The van der Waals surface area contributed by atoms with E-state index in [0.29, 0.717) is 11.6 Å². The summed E-state index contributed by atoms with van der Waals surface area (Å²) in [5.41, 5.74) is 0. The Bertz CT molecular complexity index is 633. The Labute approximate surface area is 136 Å². The largest absolute Gasteiger partial charge is 0.339 e. The summed E-state index contributed by atoms with van der Waals surface area (Å²) in [5.74, 6) is -0.169. The number of carbonyl (C=O) groups is 1. The van der Waals surface area contributed by atoms with E-state index in [1.807, 2.05) is 6.92 Å². The number of benzene rings is 1. The molecule has 7 heteroatoms. The van der Waals surface area contributed by atoms with Gasteiger partial charge < -0.3 is 4.90 Å². The van der Waals surface area contributed by atoms with Crippen LogP contribution < -0.4 is 4.72 Å². The topological polar surface area (TPSA) is 66.5 Å². The highest BCUT2D eigenvalue weighted by atomic mass is 35.5. The third-order valence-electron chi connectivity index (χ3n) is 3.94. The minimum Gasteiger partial charge on any atom is -0.339 e. The summed E-state index contributed by atoms with van der Waals surface area (Å²) in [7, 11) is -3.72. The fourth-order valence-corrected chi connectivity index (χ4v) is 4.00. The van der Waals surface area contributed by atoms with Gasteiger partial charge in [-0.05, 0) is 43.9 Å². The van der Waals surface area contributed by atoms with E-state index in [1.54, 1.807) is 17.0 Å². The standard InChI is InChI=1S/C15H21ClN2O3S/c1-2-13-7-3-4-9-18(13)15(19)11-17-22(20,21)14-8-5-6-12(16)10-14/h5-6,8,10,13,17H,2-4,7,9,11H2,1H3. The normalized spacial score (nSPS) is 19.2. The van der Waals surface area contributed by atoms with E-state index < -0.39 is 10.0 Å². The molecule has 1 heterocycles. The van der Waals surface area contributed by atoms with Gasteiger partial charge in [0.05, 0.1) is 11.4 Å². The number of likely N-dealkylation sites (tertiary alicyclic amines) is 1. The minimum atomic E-state index is -3.72. The minimum absolute atomic E-state index is 0.0680. The predicted molar refractivity (Wildman–Crippen MR) is 86.3 cm³/mol. The van der Waals surface area contributed by atoms with Gasteiger partial charge in [-0.25, -0.2) is 13.1 Å². The van der Waals surface area contributed by atoms with Gasteiger partial charge in [-0.3, -0.25) is 4.79 Å². The van der Waals surface area contributed by atoms with Crippen LogP contribution in [-0.2, 0) is 14.8 Å². The first-order valence-corrected chi connectivity index (χ1v) is 9.35. The molecule has 2 rings (SSSR count). The van der Waals surface area contributed by atoms with Crippen LogP contribution in [0.1, 0.15) is 32.6 Å². The molecule has 0 bridgehead atoms. The number of hydrogen-bond acceptors (Lipinski definition) is 3. The molecule has 1 fully saturated rings. The Kier molecular flexibility index (Phi) is 5.83. The maximum absolute atomic E-state index is 12.3. The molecule has 1 amide bonds. The van der Waals surface area contributed by atoms with Gasteiger partial charge in [0.15, 0.2) is 0 Å². The van der Waals surface area contributed by atoms with Crippen molar-refractivity contribution in [3.05, 3.63) is 29.3 Å². The summed E-state index contributed by atoms with van der Waals surface area (Å²) in [6.45, 7) is 2.54. The number of sulfonamides is 1. The zero-order valence-electron chi connectivity index (χ0n) is 12.6. The van der Waals surface area contributed by atoms with Crippen molar-refractivity contribution in [2.75, 3.05) is 13.1 Å². The van der Waals surface area contributed by atoms with Crippen molar-refractivity contribution < 1.29 is 13.2 Å². The molecule has 1 atom stereocenters. The summed E-state index contributed by atoms with van der Waals surface area (Å²) in [6, 6.07) is 6.21. The molecule has 22 heavy (non-hydrogen) atoms. The van der Waals surface area contributed by atoms with Crippen molar-refractivity contribution in [1.29, 1.82) is 0 Å². The van der Waals surface area contributed by atoms with Gasteiger partial charge in [0.25, 0.3) is 0 Å². The maximum atomic E-state index is 12.3. The Hall–Kier alpha value is -1.11. The number of rotatable bonds is 5. The maximum Gasteiger partial charge on any atom is 0.241 e. The predicted octanol–water partition coefficient (Wildman–Crippen LogP) is 2.41. The number of carbonyl (C=O) groups excluding carboxylic acids is 1. The van der Waals surface area contributed by atoms with E-state index in [1.165, 1.54) is 12.1 Å². The highest BCUT2D eigenvalue weighted by molar-refractivity contribution is 7.89. The molecule has 1 aromatic rings. The first-order valence-electron chi connectivity index (χ1n) is 7.48. The highest BCUT2D eigenvalue weighted by Gasteiger charge is 2.26. The number of halogens is 1. The molecule has 0 spiro atoms. The van der Waals surface area contributed by atoms with Crippen molar-refractivity contribution in [1.82, 2.24) is 9.62 Å². The van der Waals surface area contributed by atoms with Crippen LogP contribution in [0.4, 0.5) is 0 Å². The Morgan fingerprint density at radius 1 is 1.41 bits per heavy atom. The zero-order valence-corrected chi connectivity index (χ0v) is 14.2. The molecule has 0 aromatic heterocycles. The first-order chi connectivity index (χ1) is 10.4. The molecule has 1 aliphatic rings. The second kappa shape index (κ2) is 7.44. The van der Waals surface area contributed by atoms with E-state index in [-0.39, 0.29) is 23.4 Å². The van der Waals surface area contributed by atoms with Crippen molar-refractivity contribution in [3.8, 4) is 0 Å². The molecule has 0 aliphatic carbocycles. The number of amides is 1. The number of hydrogen-bond donors (Lipinski definition) is 1. The van der Waals surface area contributed by atoms with Gasteiger partial charge in [0.1, 0.15) is 0 Å². The lowest BCUT2D eigenvalue weighted by Crippen LogP contribution is -2.47. The SMILES string of the molecule is CCC1CCCCN1C(=O)CNS(=O)(=O)c1cccc(Cl)c1. The Morgan fingerprint density at radius 3 is 2.86 bits per heavy atom. The highest BCUT2D eigenvalue weighted by Crippen LogP contribution is 2.19. The second-order valence-electron chi connectivity index (χ2n) is 5.43. The number of piperidine rings is 1. The molecule has 1 N–H and O–H groups in total. The van der Waals surface area contributed by atoms with E-state index in [2.05, 4.69) is 4.72 Å². The van der Waals surface area contributed by atoms with Crippen LogP contribution in [0.2, 0.25) is 5.02 Å². The molecule has 0 radical (unpaired) electrons. The lowest BCUT2D eigenvalue weighted by atomic mass is 10.00. The van der Waals surface area contributed by atoms with Gasteiger partial charge in [-0.2, -0.15) is 0 Å². The second-order valence-corrected chi connectivity index (χ2v) is 7.63. The van der Waals surface area contributed by atoms with Crippen LogP contribution in [0.25, 0.3) is 0 Å². The van der Waals surface area contributed by atoms with Crippen molar-refractivity contribution in [2.24, 2.45) is 0 Å². The smallest absolute Gasteiger partial charge is 0.241 e. The van der Waals surface area contributed by atoms with Gasteiger partial charge in [-0.1, -0.05) is 24.6 Å². The summed E-state index contributed by atoms with van der Waals surface area (Å²) in [4.78, 5) is 14.1. The third kappa shape index (κ3) is 4.21. The van der Waals surface area contributed by atoms with Crippen LogP contribution in [0.15, 0.2) is 29.2 Å². The molecule has 0 saturated carbocycles. The molecule has 1 aromatic carbocycles. The van der Waals surface area contributed by atoms with Crippen molar-refractivity contribution in [2.45, 2.75) is 43.5 Å². The van der Waals surface area contributed by atoms with E-state index in [0.717, 1.165) is 25.7 Å². The molecule has 1 unspecified atom stereocenters. The van der Waals surface area contributed by atoms with Gasteiger partial charge in [0, 0.05) is 17.6 Å². The first kappa shape index (κ1) is 17.2. The van der Waals surface area contributed by atoms with Crippen LogP contribution in [0.5, 0.6) is 0 Å². The Balaban J connectivity index is 2.00. The summed E-state index contributed by atoms with van der Waals surface area (Å²) < 4.78 is 26.7. The fraction of sp³-hybridized carbons (Fsp3) is 0.533. The van der Waals surface area contributed by atoms with Crippen LogP contribution in [-0.4, -0.2) is 38.4 Å². The van der Waals surface area contributed by atoms with E-state index in [9.17, 15) is 13.2 Å².